The Morgan fingerprint density at radius 2 is 1.80 bits per heavy atom. The van der Waals surface area contributed by atoms with Crippen molar-refractivity contribution in [2.45, 2.75) is 55.2 Å². The number of aliphatic hydroxyl groups is 1. The average Bonchev–Trinajstić information content (AvgIpc) is 3.62. The number of thioether (sulfide) groups is 1. The van der Waals surface area contributed by atoms with Crippen LogP contribution in [-0.2, 0) is 0 Å². The number of amides is 1. The molecule has 2 aromatic heterocycles. The van der Waals surface area contributed by atoms with Gasteiger partial charge >= 0.3 is 0 Å². The minimum atomic E-state index is -0.187. The molecule has 2 saturated carbocycles. The van der Waals surface area contributed by atoms with E-state index < -0.39 is 0 Å². The summed E-state index contributed by atoms with van der Waals surface area (Å²) < 4.78 is 1.03. The number of anilines is 2. The Balaban J connectivity index is 1.07. The van der Waals surface area contributed by atoms with Gasteiger partial charge in [-0.2, -0.15) is 0 Å². The maximum Gasteiger partial charge on any atom is 0.253 e. The molecular weight excluding hydrogens is 480 g/mol. The zero-order valence-electron chi connectivity index (χ0n) is 19.7. The highest BCUT2D eigenvalue weighted by Crippen LogP contribution is 2.39. The molecule has 0 bridgehead atoms. The lowest BCUT2D eigenvalue weighted by atomic mass is 10.0. The number of carbonyl (C=O) groups is 1. The molecule has 1 aromatic carbocycles. The van der Waals surface area contributed by atoms with Gasteiger partial charge in [-0.1, -0.05) is 11.3 Å². The van der Waals surface area contributed by atoms with E-state index in [4.69, 9.17) is 4.98 Å². The van der Waals surface area contributed by atoms with Crippen molar-refractivity contribution in [3.8, 4) is 0 Å². The van der Waals surface area contributed by atoms with Crippen LogP contribution in [0.1, 0.15) is 42.5 Å². The number of rotatable bonds is 6. The van der Waals surface area contributed by atoms with Crippen LogP contribution in [0, 0.1) is 11.8 Å². The number of benzene rings is 1. The monoisotopic (exact) mass is 510 g/mol. The smallest absolute Gasteiger partial charge is 0.253 e. The van der Waals surface area contributed by atoms with Gasteiger partial charge in [0.05, 0.1) is 16.3 Å². The molecule has 3 heterocycles. The van der Waals surface area contributed by atoms with Gasteiger partial charge in [-0.15, -0.1) is 11.8 Å². The van der Waals surface area contributed by atoms with Crippen LogP contribution in [0.15, 0.2) is 35.5 Å². The van der Waals surface area contributed by atoms with Gasteiger partial charge in [-0.05, 0) is 68.4 Å². The van der Waals surface area contributed by atoms with Gasteiger partial charge in [0.15, 0.2) is 5.13 Å². The Morgan fingerprint density at radius 1 is 1.09 bits per heavy atom. The Bertz CT molecular complexity index is 1200. The van der Waals surface area contributed by atoms with Gasteiger partial charge in [-0.25, -0.2) is 15.0 Å². The standard InChI is InChI=1S/C25H30N6O2S2/c1-34-20-10-26-24(27-11-20)28-17-3-4-18(9-17)29-25-30-21-5-2-14(8-22(21)35-25)23(33)31-12-15-6-19(32)7-16(15)13-31/h2,5,8,10-11,15-19,32H,3-4,6-7,9,12-13H2,1H3,(H,29,30)(H,26,27,28)/t15-,16?,17-,18-,19-/m0/s1. The molecule has 1 unspecified atom stereocenters. The minimum absolute atomic E-state index is 0.0937. The number of nitrogens with zero attached hydrogens (tertiary/aromatic N) is 4. The van der Waals surface area contributed by atoms with Crippen LogP contribution in [0.2, 0.25) is 0 Å². The molecule has 0 radical (unpaired) electrons. The Hall–Kier alpha value is -2.43. The number of fused-ring (bicyclic) bond motifs is 2. The van der Waals surface area contributed by atoms with Gasteiger partial charge in [-0.3, -0.25) is 4.79 Å². The number of nitrogens with one attached hydrogen (secondary N) is 2. The van der Waals surface area contributed by atoms with Crippen molar-refractivity contribution < 1.29 is 9.90 Å². The predicted octanol–water partition coefficient (Wildman–Crippen LogP) is 4.10. The number of hydrogen-bond donors (Lipinski definition) is 3. The quantitative estimate of drug-likeness (QED) is 0.426. The second-order valence-electron chi connectivity index (χ2n) is 10.00. The summed E-state index contributed by atoms with van der Waals surface area (Å²) in [5, 5.41) is 17.8. The van der Waals surface area contributed by atoms with E-state index in [0.717, 1.165) is 71.0 Å². The van der Waals surface area contributed by atoms with E-state index in [1.807, 2.05) is 41.7 Å². The summed E-state index contributed by atoms with van der Waals surface area (Å²) in [7, 11) is 0. The molecule has 0 spiro atoms. The number of aromatic nitrogens is 3. The van der Waals surface area contributed by atoms with Crippen LogP contribution >= 0.6 is 23.1 Å². The molecule has 5 atom stereocenters. The highest BCUT2D eigenvalue weighted by atomic mass is 32.2. The molecular formula is C25H30N6O2S2. The number of thiazole rings is 1. The SMILES string of the molecule is CSc1cnc(N[C@H]2CC[C@H](Nc3nc4ccc(C(=O)N5CC6C[C@@H](O)C[C@H]6C5)cc4s3)C2)nc1. The molecule has 1 aliphatic heterocycles. The molecule has 10 heteroatoms. The third-order valence-corrected chi connectivity index (χ3v) is 9.24. The summed E-state index contributed by atoms with van der Waals surface area (Å²) in [6, 6.07) is 6.53. The summed E-state index contributed by atoms with van der Waals surface area (Å²) in [5.74, 6) is 1.67. The maximum absolute atomic E-state index is 13.1. The summed E-state index contributed by atoms with van der Waals surface area (Å²) >= 11 is 3.25. The lowest BCUT2D eigenvalue weighted by Crippen LogP contribution is -2.30. The van der Waals surface area contributed by atoms with Crippen molar-refractivity contribution in [3.63, 3.8) is 0 Å². The van der Waals surface area contributed by atoms with E-state index in [1.165, 1.54) is 0 Å². The molecule has 3 N–H and O–H groups in total. The summed E-state index contributed by atoms with van der Waals surface area (Å²) in [4.78, 5) is 29.7. The van der Waals surface area contributed by atoms with Gasteiger partial charge in [0, 0.05) is 48.0 Å². The van der Waals surface area contributed by atoms with E-state index >= 15 is 0 Å². The van der Waals surface area contributed by atoms with Crippen LogP contribution in [0.3, 0.4) is 0 Å². The van der Waals surface area contributed by atoms with Crippen LogP contribution in [0.5, 0.6) is 0 Å². The summed E-state index contributed by atoms with van der Waals surface area (Å²) in [5.41, 5.74) is 1.65. The first-order chi connectivity index (χ1) is 17.0. The molecule has 2 aliphatic carbocycles. The fourth-order valence-electron chi connectivity index (χ4n) is 5.83. The number of aliphatic hydroxyl groups excluding tert-OH is 1. The van der Waals surface area contributed by atoms with Crippen molar-refractivity contribution in [1.29, 1.82) is 0 Å². The zero-order valence-corrected chi connectivity index (χ0v) is 21.3. The Labute approximate surface area is 212 Å². The van der Waals surface area contributed by atoms with Crippen molar-refractivity contribution in [1.82, 2.24) is 19.9 Å². The van der Waals surface area contributed by atoms with Crippen molar-refractivity contribution in [2.75, 3.05) is 30.0 Å². The molecule has 1 amide bonds. The molecule has 3 aliphatic rings. The number of carbonyl (C=O) groups excluding carboxylic acids is 1. The lowest BCUT2D eigenvalue weighted by Gasteiger charge is -2.18. The van der Waals surface area contributed by atoms with E-state index in [-0.39, 0.29) is 12.0 Å². The minimum Gasteiger partial charge on any atom is -0.393 e. The van der Waals surface area contributed by atoms with E-state index in [0.29, 0.717) is 29.9 Å². The molecule has 35 heavy (non-hydrogen) atoms. The van der Waals surface area contributed by atoms with Gasteiger partial charge < -0.3 is 20.6 Å². The molecule has 8 nitrogen and oxygen atoms in total. The fraction of sp³-hybridized carbons (Fsp3) is 0.520. The third kappa shape index (κ3) is 4.83. The highest BCUT2D eigenvalue weighted by molar-refractivity contribution is 7.98. The highest BCUT2D eigenvalue weighted by Gasteiger charge is 2.41. The van der Waals surface area contributed by atoms with E-state index in [2.05, 4.69) is 20.6 Å². The first-order valence-electron chi connectivity index (χ1n) is 12.3. The summed E-state index contributed by atoms with van der Waals surface area (Å²) in [6.07, 6.45) is 10.3. The topological polar surface area (TPSA) is 103 Å². The molecule has 3 fully saturated rings. The zero-order chi connectivity index (χ0) is 23.9. The van der Waals surface area contributed by atoms with Crippen LogP contribution in [-0.4, -0.2) is 68.4 Å². The van der Waals surface area contributed by atoms with Crippen LogP contribution in [0.4, 0.5) is 11.1 Å². The van der Waals surface area contributed by atoms with E-state index in [1.54, 1.807) is 23.1 Å². The molecule has 184 valence electrons. The van der Waals surface area contributed by atoms with Gasteiger partial charge in [0.1, 0.15) is 0 Å². The molecule has 6 rings (SSSR count). The first-order valence-corrected chi connectivity index (χ1v) is 14.3. The number of likely N-dealkylation sites (tertiary alicyclic amines) is 1. The van der Waals surface area contributed by atoms with Crippen molar-refractivity contribution in [2.24, 2.45) is 11.8 Å². The maximum atomic E-state index is 13.1. The number of hydrogen-bond acceptors (Lipinski definition) is 9. The van der Waals surface area contributed by atoms with Crippen LogP contribution < -0.4 is 10.6 Å². The largest absolute Gasteiger partial charge is 0.393 e. The first kappa shape index (κ1) is 23.0. The second kappa shape index (κ2) is 9.55. The predicted molar refractivity (Wildman–Crippen MR) is 140 cm³/mol. The summed E-state index contributed by atoms with van der Waals surface area (Å²) in [6.45, 7) is 1.52. The Morgan fingerprint density at radius 3 is 2.51 bits per heavy atom. The van der Waals surface area contributed by atoms with Crippen LogP contribution in [0.25, 0.3) is 10.2 Å². The third-order valence-electron chi connectivity index (χ3n) is 7.61. The van der Waals surface area contributed by atoms with Crippen molar-refractivity contribution in [3.05, 3.63) is 36.2 Å². The van der Waals surface area contributed by atoms with E-state index in [9.17, 15) is 9.90 Å². The van der Waals surface area contributed by atoms with Gasteiger partial charge in [0.2, 0.25) is 5.95 Å². The normalized spacial score (nSPS) is 27.9. The molecule has 1 saturated heterocycles. The molecule has 3 aromatic rings. The second-order valence-corrected chi connectivity index (χ2v) is 11.9. The van der Waals surface area contributed by atoms with Crippen molar-refractivity contribution >= 4 is 50.3 Å². The lowest BCUT2D eigenvalue weighted by molar-refractivity contribution is 0.0765. The fourth-order valence-corrected chi connectivity index (χ4v) is 7.13. The Kier molecular flexibility index (Phi) is 6.28. The average molecular weight is 511 g/mol. The van der Waals surface area contributed by atoms with Gasteiger partial charge in [0.25, 0.3) is 5.91 Å².